The van der Waals surface area contributed by atoms with E-state index >= 15 is 0 Å². The molecule has 0 amide bonds. The van der Waals surface area contributed by atoms with Crippen LogP contribution in [0.5, 0.6) is 0 Å². The third-order valence-corrected chi connectivity index (χ3v) is 5.79. The van der Waals surface area contributed by atoms with Crippen LogP contribution in [0.4, 0.5) is 11.4 Å². The van der Waals surface area contributed by atoms with Crippen LogP contribution >= 0.6 is 0 Å². The zero-order valence-electron chi connectivity index (χ0n) is 13.1. The molecule has 20 heavy (non-hydrogen) atoms. The highest BCUT2D eigenvalue weighted by Gasteiger charge is 2.52. The Bertz CT molecular complexity index is 517. The van der Waals surface area contributed by atoms with Crippen molar-refractivity contribution in [3.8, 4) is 0 Å². The smallest absolute Gasteiger partial charge is 0.386 e. The average Bonchev–Trinajstić information content (AvgIpc) is 2.71. The second kappa shape index (κ2) is 5.46. The summed E-state index contributed by atoms with van der Waals surface area (Å²) < 4.78 is 0. The van der Waals surface area contributed by atoms with E-state index in [4.69, 9.17) is 0 Å². The van der Waals surface area contributed by atoms with Crippen molar-refractivity contribution in [3.63, 3.8) is 0 Å². The van der Waals surface area contributed by atoms with Gasteiger partial charge in [0.2, 0.25) is 5.23 Å². The van der Waals surface area contributed by atoms with Crippen LogP contribution in [0.25, 0.3) is 5.53 Å². The molecule has 0 aliphatic carbocycles. The normalized spacial score (nSPS) is 14.3. The van der Waals surface area contributed by atoms with Crippen molar-refractivity contribution in [2.75, 3.05) is 22.7 Å². The maximum Gasteiger partial charge on any atom is 0.496 e. The van der Waals surface area contributed by atoms with E-state index in [1.807, 2.05) is 0 Å². The Morgan fingerprint density at radius 3 is 1.85 bits per heavy atom. The summed E-state index contributed by atoms with van der Waals surface area (Å²) in [7, 11) is -1.69. The summed E-state index contributed by atoms with van der Waals surface area (Å²) in [5.74, 6) is 0. The molecule has 1 aromatic rings. The van der Waals surface area contributed by atoms with E-state index in [0.717, 1.165) is 18.3 Å². The lowest BCUT2D eigenvalue weighted by Gasteiger charge is -2.27. The topological polar surface area (TPSA) is 42.9 Å². The zero-order chi connectivity index (χ0) is 14.9. The zero-order valence-corrected chi connectivity index (χ0v) is 14.1. The fourth-order valence-electron chi connectivity index (χ4n) is 2.95. The number of hydrogen-bond donors (Lipinski definition) is 0. The molecule has 106 valence electrons. The molecule has 0 saturated carbocycles. The van der Waals surface area contributed by atoms with Crippen LogP contribution in [0.3, 0.4) is 0 Å². The number of nitrogens with zero attached hydrogens (tertiary/aromatic N) is 4. The fourth-order valence-corrected chi connectivity index (χ4v) is 4.34. The fraction of sp³-hybridized carbons (Fsp3) is 0.500. The van der Waals surface area contributed by atoms with E-state index in [1.165, 1.54) is 11.4 Å². The van der Waals surface area contributed by atoms with Gasteiger partial charge in [0.1, 0.15) is 0 Å². The lowest BCUT2D eigenvalue weighted by Crippen LogP contribution is -2.61. The van der Waals surface area contributed by atoms with Crippen LogP contribution in [0.15, 0.2) is 24.3 Å². The Morgan fingerprint density at radius 2 is 1.55 bits per heavy atom. The van der Waals surface area contributed by atoms with Crippen LogP contribution < -0.4 is 9.62 Å². The summed E-state index contributed by atoms with van der Waals surface area (Å²) in [6, 6.07) is 8.45. The van der Waals surface area contributed by atoms with Gasteiger partial charge in [0, 0.05) is 24.5 Å². The van der Waals surface area contributed by atoms with Gasteiger partial charge in [-0.25, -0.2) is 0 Å². The molecule has 0 bridgehead atoms. The van der Waals surface area contributed by atoms with Gasteiger partial charge in [0.25, 0.3) is 0 Å². The minimum atomic E-state index is -1.69. The Kier molecular flexibility index (Phi) is 4.07. The van der Waals surface area contributed by atoms with Crippen LogP contribution in [0, 0.1) is 0 Å². The van der Waals surface area contributed by atoms with Gasteiger partial charge in [-0.2, -0.15) is 4.79 Å². The van der Waals surface area contributed by atoms with Crippen molar-refractivity contribution in [3.05, 3.63) is 29.8 Å². The maximum atomic E-state index is 9.60. The van der Waals surface area contributed by atoms with Crippen molar-refractivity contribution < 1.29 is 4.79 Å². The number of anilines is 2. The maximum absolute atomic E-state index is 9.60. The van der Waals surface area contributed by atoms with Crippen LogP contribution in [-0.4, -0.2) is 38.2 Å². The summed E-state index contributed by atoms with van der Waals surface area (Å²) in [5.41, 5.74) is 12.1. The minimum Gasteiger partial charge on any atom is -0.386 e. The van der Waals surface area contributed by atoms with Gasteiger partial charge >= 0.3 is 6.98 Å². The van der Waals surface area contributed by atoms with Gasteiger partial charge < -0.3 is 15.2 Å². The molecule has 0 saturated heterocycles. The number of para-hydroxylation sites is 2. The van der Waals surface area contributed by atoms with Gasteiger partial charge in [-0.3, -0.25) is 0 Å². The summed E-state index contributed by atoms with van der Waals surface area (Å²) in [5, 5.41) is 0.942. The standard InChI is InChI=1S/C14H23BN4Si/c1-6-18-12-10-8-9-11-13(12)19(7-2)15(18)14(17-16)20(3,4)5/h8-11H,6-7H2,1-5H3. The molecule has 0 unspecified atom stereocenters. The van der Waals surface area contributed by atoms with Crippen molar-refractivity contribution in [1.82, 2.24) is 0 Å². The van der Waals surface area contributed by atoms with Crippen molar-refractivity contribution in [2.45, 2.75) is 33.5 Å². The largest absolute Gasteiger partial charge is 0.496 e. The average molecular weight is 286 g/mol. The summed E-state index contributed by atoms with van der Waals surface area (Å²) in [4.78, 5) is 8.39. The third-order valence-electron chi connectivity index (χ3n) is 3.89. The molecule has 0 spiro atoms. The molecule has 4 nitrogen and oxygen atoms in total. The van der Waals surface area contributed by atoms with E-state index in [9.17, 15) is 5.53 Å². The number of fused-ring (bicyclic) bond motifs is 1. The highest BCUT2D eigenvalue weighted by atomic mass is 28.3. The molecular formula is C14H23BN4Si. The molecule has 0 radical (unpaired) electrons. The molecule has 1 aliphatic heterocycles. The number of benzene rings is 1. The summed E-state index contributed by atoms with van der Waals surface area (Å²) in [6.07, 6.45) is 0. The second-order valence-corrected chi connectivity index (χ2v) is 11.2. The molecule has 6 heteroatoms. The van der Waals surface area contributed by atoms with E-state index in [1.54, 1.807) is 0 Å². The van der Waals surface area contributed by atoms with Crippen LogP contribution in [0.1, 0.15) is 13.8 Å². The molecule has 0 fully saturated rings. The van der Waals surface area contributed by atoms with Gasteiger partial charge in [0.05, 0.1) is 0 Å². The molecule has 2 rings (SSSR count). The first kappa shape index (κ1) is 14.9. The highest BCUT2D eigenvalue weighted by molar-refractivity contribution is 7.27. The number of hydrogen-bond acceptors (Lipinski definition) is 2. The minimum absolute atomic E-state index is 0.0547. The van der Waals surface area contributed by atoms with E-state index < -0.39 is 8.07 Å². The Labute approximate surface area is 123 Å². The van der Waals surface area contributed by atoms with Gasteiger partial charge in [-0.05, 0) is 26.0 Å². The van der Waals surface area contributed by atoms with Crippen LogP contribution in [-0.2, 0) is 0 Å². The Morgan fingerprint density at radius 1 is 1.10 bits per heavy atom. The Balaban J connectivity index is 2.56. The van der Waals surface area contributed by atoms with Crippen molar-refractivity contribution in [1.29, 1.82) is 0 Å². The quantitative estimate of drug-likeness (QED) is 0.369. The lowest BCUT2D eigenvalue weighted by atomic mass is 9.74. The first-order chi connectivity index (χ1) is 9.45. The van der Waals surface area contributed by atoms with Crippen molar-refractivity contribution >= 4 is 31.7 Å². The predicted molar refractivity (Wildman–Crippen MR) is 90.2 cm³/mol. The molecule has 0 atom stereocenters. The Hall–Kier alpha value is -1.52. The lowest BCUT2D eigenvalue weighted by molar-refractivity contribution is 0.00242. The molecule has 0 N–H and O–H groups in total. The van der Waals surface area contributed by atoms with Gasteiger partial charge in [-0.1, -0.05) is 31.8 Å². The molecule has 1 aromatic carbocycles. The molecular weight excluding hydrogens is 263 g/mol. The van der Waals surface area contributed by atoms with Crippen molar-refractivity contribution in [2.24, 2.45) is 0 Å². The molecule has 1 heterocycles. The van der Waals surface area contributed by atoms with E-state index in [-0.39, 0.29) is 6.98 Å². The van der Waals surface area contributed by atoms with Gasteiger partial charge in [0.15, 0.2) is 8.07 Å². The third kappa shape index (κ3) is 2.30. The first-order valence-corrected chi connectivity index (χ1v) is 10.8. The number of rotatable bonds is 4. The molecule has 1 aliphatic rings. The van der Waals surface area contributed by atoms with Crippen LogP contribution in [0.2, 0.25) is 19.6 Å². The second-order valence-electron chi connectivity index (χ2n) is 6.17. The summed E-state index contributed by atoms with van der Waals surface area (Å²) in [6.45, 7) is 12.9. The molecule has 0 aromatic heterocycles. The van der Waals surface area contributed by atoms with Gasteiger partial charge in [-0.15, -0.1) is 0 Å². The predicted octanol–water partition coefficient (Wildman–Crippen LogP) is 2.93. The van der Waals surface area contributed by atoms with E-state index in [0.29, 0.717) is 0 Å². The first-order valence-electron chi connectivity index (χ1n) is 7.30. The highest BCUT2D eigenvalue weighted by Crippen LogP contribution is 2.38. The SMILES string of the molecule is CCN1B(C(=[N+]=[N-])[Si](C)(C)C)N(CC)c2ccccc21. The summed E-state index contributed by atoms with van der Waals surface area (Å²) >= 11 is 0. The monoisotopic (exact) mass is 286 g/mol. The van der Waals surface area contributed by atoms with E-state index in [2.05, 4.69) is 72.2 Å².